The number of nitrogens with two attached hydrogens (primary N) is 1. The first-order valence-electron chi connectivity index (χ1n) is 4.86. The number of carbonyl (C=O) groups excluding carboxylic acids is 1. The molecule has 0 aliphatic rings. The molecule has 0 radical (unpaired) electrons. The van der Waals surface area contributed by atoms with Crippen LogP contribution in [0.3, 0.4) is 0 Å². The van der Waals surface area contributed by atoms with Gasteiger partial charge in [-0.1, -0.05) is 23.7 Å². The van der Waals surface area contributed by atoms with Crippen molar-refractivity contribution in [1.82, 2.24) is 0 Å². The van der Waals surface area contributed by atoms with Gasteiger partial charge in [-0.15, -0.1) is 0 Å². The monoisotopic (exact) mass is 239 g/mol. The summed E-state index contributed by atoms with van der Waals surface area (Å²) in [6.45, 7) is 1.86. The summed E-state index contributed by atoms with van der Waals surface area (Å²) in [5, 5.41) is 0.511. The Morgan fingerprint density at radius 3 is 2.75 bits per heavy atom. The summed E-state index contributed by atoms with van der Waals surface area (Å²) in [6, 6.07) is 5.30. The van der Waals surface area contributed by atoms with Crippen LogP contribution in [-0.2, 0) is 9.53 Å². The number of allylic oxidation sites excluding steroid dienone is 1. The zero-order valence-corrected chi connectivity index (χ0v) is 10.0. The highest BCUT2D eigenvalue weighted by Gasteiger charge is 2.08. The van der Waals surface area contributed by atoms with Crippen molar-refractivity contribution in [2.24, 2.45) is 0 Å². The number of halogens is 1. The van der Waals surface area contributed by atoms with Crippen LogP contribution >= 0.6 is 11.6 Å². The van der Waals surface area contributed by atoms with Gasteiger partial charge in [-0.05, 0) is 30.2 Å². The van der Waals surface area contributed by atoms with Gasteiger partial charge < -0.3 is 10.5 Å². The van der Waals surface area contributed by atoms with E-state index in [0.717, 1.165) is 11.1 Å². The first-order valence-corrected chi connectivity index (χ1v) is 5.23. The predicted molar refractivity (Wildman–Crippen MR) is 66.1 cm³/mol. The van der Waals surface area contributed by atoms with Gasteiger partial charge in [-0.2, -0.15) is 0 Å². The Balaban J connectivity index is 2.97. The van der Waals surface area contributed by atoms with Crippen molar-refractivity contribution < 1.29 is 9.53 Å². The van der Waals surface area contributed by atoms with Gasteiger partial charge in [0.05, 0.1) is 24.2 Å². The molecular weight excluding hydrogens is 226 g/mol. The van der Waals surface area contributed by atoms with E-state index in [0.29, 0.717) is 10.7 Å². The minimum Gasteiger partial charge on any atom is -0.469 e. The molecule has 0 saturated heterocycles. The molecule has 0 aromatic heterocycles. The van der Waals surface area contributed by atoms with Crippen LogP contribution in [0.25, 0.3) is 5.57 Å². The van der Waals surface area contributed by atoms with E-state index in [4.69, 9.17) is 17.3 Å². The number of benzene rings is 1. The number of ether oxygens (including phenoxy) is 1. The molecule has 16 heavy (non-hydrogen) atoms. The van der Waals surface area contributed by atoms with Crippen LogP contribution in [0.4, 0.5) is 5.69 Å². The van der Waals surface area contributed by atoms with E-state index >= 15 is 0 Å². The standard InChI is InChI=1S/C12H14ClNO2/c1-3-8(7-12(15)16-2)9-4-5-10(13)11(14)6-9/h3-6H,7,14H2,1-2H3. The summed E-state index contributed by atoms with van der Waals surface area (Å²) in [6.07, 6.45) is 2.09. The van der Waals surface area contributed by atoms with Gasteiger partial charge in [-0.3, -0.25) is 4.79 Å². The lowest BCUT2D eigenvalue weighted by atomic mass is 10.0. The van der Waals surface area contributed by atoms with E-state index in [-0.39, 0.29) is 12.4 Å². The average Bonchev–Trinajstić information content (AvgIpc) is 2.29. The Bertz CT molecular complexity index is 427. The molecular formula is C12H14ClNO2. The van der Waals surface area contributed by atoms with E-state index in [1.807, 2.05) is 19.1 Å². The zero-order valence-electron chi connectivity index (χ0n) is 9.29. The fourth-order valence-corrected chi connectivity index (χ4v) is 1.46. The SMILES string of the molecule is CC=C(CC(=O)OC)c1ccc(Cl)c(N)c1. The fraction of sp³-hybridized carbons (Fsp3) is 0.250. The molecule has 0 saturated carbocycles. The largest absolute Gasteiger partial charge is 0.469 e. The minimum absolute atomic E-state index is 0.230. The molecule has 2 N–H and O–H groups in total. The summed E-state index contributed by atoms with van der Waals surface area (Å²) >= 11 is 5.83. The van der Waals surface area contributed by atoms with Crippen LogP contribution in [-0.4, -0.2) is 13.1 Å². The van der Waals surface area contributed by atoms with E-state index < -0.39 is 0 Å². The molecule has 0 spiro atoms. The quantitative estimate of drug-likeness (QED) is 0.652. The van der Waals surface area contributed by atoms with E-state index in [1.54, 1.807) is 12.1 Å². The number of methoxy groups -OCH3 is 1. The third-order valence-electron chi connectivity index (χ3n) is 2.28. The molecule has 0 atom stereocenters. The molecule has 0 aliphatic heterocycles. The van der Waals surface area contributed by atoms with Crippen molar-refractivity contribution in [2.75, 3.05) is 12.8 Å². The van der Waals surface area contributed by atoms with Gasteiger partial charge in [0, 0.05) is 0 Å². The molecule has 0 heterocycles. The normalized spacial score (nSPS) is 11.3. The van der Waals surface area contributed by atoms with Gasteiger partial charge in [-0.25, -0.2) is 0 Å². The van der Waals surface area contributed by atoms with Crippen LogP contribution in [0, 0.1) is 0 Å². The highest BCUT2D eigenvalue weighted by molar-refractivity contribution is 6.33. The lowest BCUT2D eigenvalue weighted by Crippen LogP contribution is -2.01. The van der Waals surface area contributed by atoms with E-state index in [2.05, 4.69) is 4.74 Å². The lowest BCUT2D eigenvalue weighted by molar-refractivity contribution is -0.139. The second kappa shape index (κ2) is 5.56. The second-order valence-corrected chi connectivity index (χ2v) is 3.71. The third kappa shape index (κ3) is 3.00. The Hall–Kier alpha value is -1.48. The summed E-state index contributed by atoms with van der Waals surface area (Å²) in [5.41, 5.74) is 7.96. The Kier molecular flexibility index (Phi) is 4.38. The first kappa shape index (κ1) is 12.6. The van der Waals surface area contributed by atoms with Gasteiger partial charge in [0.25, 0.3) is 0 Å². The maximum absolute atomic E-state index is 11.2. The first-order chi connectivity index (χ1) is 7.58. The Morgan fingerprint density at radius 2 is 2.25 bits per heavy atom. The Labute approximate surface area is 99.8 Å². The smallest absolute Gasteiger partial charge is 0.309 e. The van der Waals surface area contributed by atoms with Crippen LogP contribution in [0.5, 0.6) is 0 Å². The van der Waals surface area contributed by atoms with Crippen molar-refractivity contribution in [3.05, 3.63) is 34.9 Å². The van der Waals surface area contributed by atoms with Gasteiger partial charge in [0.2, 0.25) is 0 Å². The molecule has 0 fully saturated rings. The fourth-order valence-electron chi connectivity index (χ4n) is 1.34. The number of hydrogen-bond donors (Lipinski definition) is 1. The number of nitrogen functional groups attached to an aromatic ring is 1. The van der Waals surface area contributed by atoms with Crippen LogP contribution in [0.1, 0.15) is 18.9 Å². The maximum atomic E-state index is 11.2. The lowest BCUT2D eigenvalue weighted by Gasteiger charge is -2.07. The molecule has 0 amide bonds. The molecule has 1 aromatic rings. The molecule has 86 valence electrons. The maximum Gasteiger partial charge on any atom is 0.309 e. The number of rotatable bonds is 3. The number of anilines is 1. The van der Waals surface area contributed by atoms with Crippen molar-refractivity contribution in [3.63, 3.8) is 0 Å². The van der Waals surface area contributed by atoms with E-state index in [9.17, 15) is 4.79 Å². The molecule has 4 heteroatoms. The summed E-state index contributed by atoms with van der Waals surface area (Å²) < 4.78 is 4.62. The van der Waals surface area contributed by atoms with E-state index in [1.165, 1.54) is 7.11 Å². The number of hydrogen-bond acceptors (Lipinski definition) is 3. The highest BCUT2D eigenvalue weighted by Crippen LogP contribution is 2.25. The molecule has 3 nitrogen and oxygen atoms in total. The Morgan fingerprint density at radius 1 is 1.56 bits per heavy atom. The zero-order chi connectivity index (χ0) is 12.1. The molecule has 1 aromatic carbocycles. The second-order valence-electron chi connectivity index (χ2n) is 3.30. The van der Waals surface area contributed by atoms with Crippen LogP contribution < -0.4 is 5.73 Å². The molecule has 0 aliphatic carbocycles. The minimum atomic E-state index is -0.276. The van der Waals surface area contributed by atoms with Gasteiger partial charge in [0.1, 0.15) is 0 Å². The van der Waals surface area contributed by atoms with Crippen LogP contribution in [0.2, 0.25) is 5.02 Å². The summed E-state index contributed by atoms with van der Waals surface area (Å²) in [4.78, 5) is 11.2. The van der Waals surface area contributed by atoms with Crippen LogP contribution in [0.15, 0.2) is 24.3 Å². The highest BCUT2D eigenvalue weighted by atomic mass is 35.5. The van der Waals surface area contributed by atoms with Gasteiger partial charge in [0.15, 0.2) is 0 Å². The summed E-state index contributed by atoms with van der Waals surface area (Å²) in [7, 11) is 1.37. The van der Waals surface area contributed by atoms with Crippen molar-refractivity contribution in [3.8, 4) is 0 Å². The van der Waals surface area contributed by atoms with Crippen molar-refractivity contribution in [1.29, 1.82) is 0 Å². The third-order valence-corrected chi connectivity index (χ3v) is 2.62. The molecule has 0 unspecified atom stereocenters. The van der Waals surface area contributed by atoms with Crippen molar-refractivity contribution in [2.45, 2.75) is 13.3 Å². The number of carbonyl (C=O) groups is 1. The van der Waals surface area contributed by atoms with Crippen molar-refractivity contribution >= 4 is 28.8 Å². The number of esters is 1. The topological polar surface area (TPSA) is 52.3 Å². The summed E-state index contributed by atoms with van der Waals surface area (Å²) in [5.74, 6) is -0.276. The van der Waals surface area contributed by atoms with Gasteiger partial charge >= 0.3 is 5.97 Å². The molecule has 0 bridgehead atoms. The predicted octanol–water partition coefficient (Wildman–Crippen LogP) is 2.89. The average molecular weight is 240 g/mol. The molecule has 1 rings (SSSR count).